The molecule has 39 heavy (non-hydrogen) atoms. The molecule has 3 N–H and O–H groups in total. The predicted octanol–water partition coefficient (Wildman–Crippen LogP) is 4.89. The lowest BCUT2D eigenvalue weighted by atomic mass is 10.1. The molecule has 0 bridgehead atoms. The lowest BCUT2D eigenvalue weighted by molar-refractivity contribution is -0.115. The van der Waals surface area contributed by atoms with Crippen LogP contribution in [0.25, 0.3) is 10.1 Å². The minimum absolute atomic E-state index is 0.169. The molecule has 4 aromatic rings. The molecule has 0 spiro atoms. The molecule has 0 saturated carbocycles. The summed E-state index contributed by atoms with van der Waals surface area (Å²) in [6.07, 6.45) is 0.192. The summed E-state index contributed by atoms with van der Waals surface area (Å²) in [5.41, 5.74) is 7.33. The molecule has 202 valence electrons. The maximum Gasteiger partial charge on any atom is 0.281 e. The molecule has 4 rings (SSSR count). The Kier molecular flexibility index (Phi) is 8.58. The van der Waals surface area contributed by atoms with Gasteiger partial charge < -0.3 is 19.7 Å². The van der Waals surface area contributed by atoms with Crippen LogP contribution in [0.15, 0.2) is 60.7 Å². The number of rotatable bonds is 8. The van der Waals surface area contributed by atoms with E-state index in [1.807, 2.05) is 43.3 Å². The molecule has 0 fully saturated rings. The first-order chi connectivity index (χ1) is 18.7. The largest absolute Gasteiger partial charge is 0.497 e. The zero-order chi connectivity index (χ0) is 28.1. The number of nitrogens with zero attached hydrogens (tertiary/aromatic N) is 1. The van der Waals surface area contributed by atoms with E-state index in [4.69, 9.17) is 21.1 Å². The number of fused-ring (bicyclic) bond motifs is 1. The average molecular weight is 567 g/mol. The first-order valence-electron chi connectivity index (χ1n) is 11.8. The monoisotopic (exact) mass is 566 g/mol. The standard InChI is InChI=1S/C28H27ClN4O5S/c1-33(2)18-8-5-16(6-9-18)13-24(34)30-17-7-11-20(22(14-17)38-4)27(35)31-32-28(36)26-25(29)21-12-10-19(37-3)15-23(21)39-26/h5-12,14-15H,13H2,1-4H3,(H,30,34)(H,31,35)(H,32,36). The second-order valence-electron chi connectivity index (χ2n) is 8.72. The van der Waals surface area contributed by atoms with E-state index in [9.17, 15) is 14.4 Å². The average Bonchev–Trinajstić information content (AvgIpc) is 3.27. The summed E-state index contributed by atoms with van der Waals surface area (Å²) in [6, 6.07) is 17.6. The number of ether oxygens (including phenoxy) is 2. The van der Waals surface area contributed by atoms with Gasteiger partial charge in [-0.25, -0.2) is 0 Å². The molecule has 0 aliphatic heterocycles. The maximum atomic E-state index is 12.8. The molecular formula is C28H27ClN4O5S. The van der Waals surface area contributed by atoms with Crippen LogP contribution in [0.2, 0.25) is 5.02 Å². The van der Waals surface area contributed by atoms with Crippen molar-refractivity contribution in [1.82, 2.24) is 10.9 Å². The molecule has 0 saturated heterocycles. The lowest BCUT2D eigenvalue weighted by Crippen LogP contribution is -2.41. The Morgan fingerprint density at radius 3 is 2.28 bits per heavy atom. The SMILES string of the molecule is COc1ccc2c(Cl)c(C(=O)NNC(=O)c3ccc(NC(=O)Cc4ccc(N(C)C)cc4)cc3OC)sc2c1. The number of nitrogens with one attached hydrogen (secondary N) is 3. The lowest BCUT2D eigenvalue weighted by Gasteiger charge is -2.13. The van der Waals surface area contributed by atoms with Crippen LogP contribution in [0.5, 0.6) is 11.5 Å². The second kappa shape index (κ2) is 12.1. The molecule has 0 aliphatic carbocycles. The summed E-state index contributed by atoms with van der Waals surface area (Å²) in [4.78, 5) is 40.3. The van der Waals surface area contributed by atoms with Gasteiger partial charge in [0.2, 0.25) is 5.91 Å². The fraction of sp³-hybridized carbons (Fsp3) is 0.179. The minimum atomic E-state index is -0.599. The molecular weight excluding hydrogens is 540 g/mol. The quantitative estimate of drug-likeness (QED) is 0.262. The third-order valence-electron chi connectivity index (χ3n) is 5.88. The van der Waals surface area contributed by atoms with Crippen LogP contribution < -0.4 is 30.5 Å². The number of carbonyl (C=O) groups excluding carboxylic acids is 3. The molecule has 3 amide bonds. The molecule has 1 aromatic heterocycles. The first kappa shape index (κ1) is 27.7. The molecule has 1 heterocycles. The summed E-state index contributed by atoms with van der Waals surface area (Å²) < 4.78 is 11.4. The van der Waals surface area contributed by atoms with Crippen LogP contribution in [0.1, 0.15) is 25.6 Å². The number of carbonyl (C=O) groups is 3. The van der Waals surface area contributed by atoms with Gasteiger partial charge in [0.15, 0.2) is 0 Å². The van der Waals surface area contributed by atoms with Crippen molar-refractivity contribution in [2.45, 2.75) is 6.42 Å². The van der Waals surface area contributed by atoms with E-state index in [2.05, 4.69) is 16.2 Å². The van der Waals surface area contributed by atoms with Crippen molar-refractivity contribution >= 4 is 62.1 Å². The van der Waals surface area contributed by atoms with Crippen molar-refractivity contribution in [2.75, 3.05) is 38.5 Å². The van der Waals surface area contributed by atoms with E-state index in [1.54, 1.807) is 37.4 Å². The van der Waals surface area contributed by atoms with Crippen molar-refractivity contribution in [3.8, 4) is 11.5 Å². The normalized spacial score (nSPS) is 10.6. The highest BCUT2D eigenvalue weighted by atomic mass is 35.5. The first-order valence-corrected chi connectivity index (χ1v) is 13.0. The van der Waals surface area contributed by atoms with Gasteiger partial charge in [-0.1, -0.05) is 23.7 Å². The van der Waals surface area contributed by atoms with Crippen molar-refractivity contribution < 1.29 is 23.9 Å². The molecule has 0 unspecified atom stereocenters. The van der Waals surface area contributed by atoms with E-state index in [0.29, 0.717) is 16.8 Å². The van der Waals surface area contributed by atoms with Gasteiger partial charge in [0.1, 0.15) is 16.4 Å². The Morgan fingerprint density at radius 1 is 0.897 bits per heavy atom. The van der Waals surface area contributed by atoms with Crippen molar-refractivity contribution in [3.63, 3.8) is 0 Å². The van der Waals surface area contributed by atoms with Gasteiger partial charge in [-0.3, -0.25) is 25.2 Å². The van der Waals surface area contributed by atoms with E-state index < -0.39 is 11.8 Å². The number of hydrazine groups is 1. The van der Waals surface area contributed by atoms with Crippen LogP contribution in [0.4, 0.5) is 11.4 Å². The molecule has 11 heteroatoms. The number of methoxy groups -OCH3 is 2. The summed E-state index contributed by atoms with van der Waals surface area (Å²) in [5.74, 6) is -0.502. The van der Waals surface area contributed by atoms with Gasteiger partial charge in [-0.05, 0) is 48.0 Å². The van der Waals surface area contributed by atoms with Crippen molar-refractivity contribution in [3.05, 3.63) is 81.7 Å². The third-order valence-corrected chi connectivity index (χ3v) is 7.54. The minimum Gasteiger partial charge on any atom is -0.497 e. The number of hydrogen-bond acceptors (Lipinski definition) is 7. The van der Waals surface area contributed by atoms with Crippen molar-refractivity contribution in [1.29, 1.82) is 0 Å². The molecule has 0 aliphatic rings. The van der Waals surface area contributed by atoms with Gasteiger partial charge >= 0.3 is 0 Å². The van der Waals surface area contributed by atoms with Gasteiger partial charge in [0.05, 0.1) is 31.2 Å². The molecule has 9 nitrogen and oxygen atoms in total. The Balaban J connectivity index is 1.39. The number of benzene rings is 3. The van der Waals surface area contributed by atoms with E-state index in [-0.39, 0.29) is 33.5 Å². The van der Waals surface area contributed by atoms with E-state index >= 15 is 0 Å². The Hall–Kier alpha value is -4.28. The fourth-order valence-electron chi connectivity index (χ4n) is 3.82. The van der Waals surface area contributed by atoms with Gasteiger partial charge in [-0.15, -0.1) is 11.3 Å². The highest BCUT2D eigenvalue weighted by Crippen LogP contribution is 2.37. The number of amides is 3. The van der Waals surface area contributed by atoms with Gasteiger partial charge in [0.25, 0.3) is 11.8 Å². The Morgan fingerprint density at radius 2 is 1.62 bits per heavy atom. The predicted molar refractivity (Wildman–Crippen MR) is 154 cm³/mol. The van der Waals surface area contributed by atoms with Crippen molar-refractivity contribution in [2.24, 2.45) is 0 Å². The second-order valence-corrected chi connectivity index (χ2v) is 10.1. The molecule has 0 radical (unpaired) electrons. The number of halogens is 1. The summed E-state index contributed by atoms with van der Waals surface area (Å²) in [6.45, 7) is 0. The smallest absolute Gasteiger partial charge is 0.281 e. The number of thiophene rings is 1. The highest BCUT2D eigenvalue weighted by Gasteiger charge is 2.20. The summed E-state index contributed by atoms with van der Waals surface area (Å²) in [5, 5.41) is 3.81. The van der Waals surface area contributed by atoms with Gasteiger partial charge in [0, 0.05) is 41.6 Å². The van der Waals surface area contributed by atoms with Crippen LogP contribution in [-0.4, -0.2) is 46.0 Å². The fourth-order valence-corrected chi connectivity index (χ4v) is 5.26. The molecule has 3 aromatic carbocycles. The number of anilines is 2. The summed E-state index contributed by atoms with van der Waals surface area (Å²) in [7, 11) is 6.87. The zero-order valence-corrected chi connectivity index (χ0v) is 23.3. The van der Waals surface area contributed by atoms with Crippen LogP contribution >= 0.6 is 22.9 Å². The van der Waals surface area contributed by atoms with Gasteiger partial charge in [-0.2, -0.15) is 0 Å². The van der Waals surface area contributed by atoms with Crippen LogP contribution in [0, 0.1) is 0 Å². The highest BCUT2D eigenvalue weighted by molar-refractivity contribution is 7.21. The topological polar surface area (TPSA) is 109 Å². The third kappa shape index (κ3) is 6.42. The maximum absolute atomic E-state index is 12.8. The number of hydrogen-bond donors (Lipinski definition) is 3. The van der Waals surface area contributed by atoms with Crippen LogP contribution in [0.3, 0.4) is 0 Å². The van der Waals surface area contributed by atoms with E-state index in [1.165, 1.54) is 24.5 Å². The Bertz CT molecular complexity index is 1540. The Labute approximate surface area is 234 Å². The van der Waals surface area contributed by atoms with Crippen LogP contribution in [-0.2, 0) is 11.2 Å². The van der Waals surface area contributed by atoms with E-state index in [0.717, 1.165) is 16.0 Å². The summed E-state index contributed by atoms with van der Waals surface area (Å²) >= 11 is 7.58. The zero-order valence-electron chi connectivity index (χ0n) is 21.8. The molecule has 0 atom stereocenters.